The zero-order valence-electron chi connectivity index (χ0n) is 88.0. The highest BCUT2D eigenvalue weighted by Crippen LogP contribution is 2.37. The van der Waals surface area contributed by atoms with E-state index in [0.29, 0.717) is 29.6 Å². The van der Waals surface area contributed by atoms with Crippen LogP contribution in [0.1, 0.15) is 154 Å². The molecule has 21 aromatic rings. The molecule has 0 aliphatic carbocycles. The van der Waals surface area contributed by atoms with Gasteiger partial charge < -0.3 is 0 Å². The molecule has 7 aromatic carbocycles. The first kappa shape index (κ1) is 102. The first-order chi connectivity index (χ1) is 68.9. The van der Waals surface area contributed by atoms with Crippen LogP contribution in [0.25, 0.3) is 155 Å². The second-order valence-electron chi connectivity index (χ2n) is 39.8. The van der Waals surface area contributed by atoms with E-state index in [-0.39, 0.29) is 0 Å². The third-order valence-electron chi connectivity index (χ3n) is 26.9. The van der Waals surface area contributed by atoms with Crippen LogP contribution in [0.15, 0.2) is 354 Å². The van der Waals surface area contributed by atoms with Gasteiger partial charge in [-0.1, -0.05) is 209 Å². The quantitative estimate of drug-likeness (QED) is 0.0995. The fourth-order valence-electron chi connectivity index (χ4n) is 19.0. The van der Waals surface area contributed by atoms with Crippen LogP contribution in [-0.2, 0) is 62.2 Å². The maximum absolute atomic E-state index is 4.93. The zero-order valence-corrected chi connectivity index (χ0v) is 88.0. The second kappa shape index (κ2) is 46.2. The predicted octanol–water partition coefficient (Wildman–Crippen LogP) is 27.0. The highest BCUT2D eigenvalue weighted by molar-refractivity contribution is 5.98. The number of pyridine rings is 14. The van der Waals surface area contributed by atoms with Gasteiger partial charge in [0.2, 0.25) is 39.9 Å². The van der Waals surface area contributed by atoms with E-state index in [9.17, 15) is 0 Å². The lowest BCUT2D eigenvalue weighted by molar-refractivity contribution is -0.659. The molecule has 0 saturated heterocycles. The fraction of sp³-hybridized carbons (Fsp3) is 0.240. The van der Waals surface area contributed by atoms with Crippen molar-refractivity contribution in [3.63, 3.8) is 0 Å². The molecule has 718 valence electrons. The van der Waals surface area contributed by atoms with Crippen LogP contribution in [0.5, 0.6) is 0 Å². The standard InChI is InChI=1S/2C20H23N2.3C19H21N2.2C16H15N2/c1-14(2)11-16-12-17-9-10-22(4)20(19(17)21-13-16)18-8-6-5-7-15(18)3;1-14(2)11-17-12-16-9-10-22(4)20(19(16)13-21-17)18-8-6-5-7-15(18)3;1-13(2)16-11-15-9-10-21(4)19(18(15)20-12-16)17-8-6-5-7-14(17)3;1-13(2)18-11-15-9-10-21(4)19(17(15)12-20-18)16-8-6-5-7-14(16)3;1-13(2)17-10-9-15-11-12-21(4)19(18(15)20-17)16-8-6-5-7-14(16)3;1-12-6-3-4-8-14(12)16-15-13(7-5-10-17-15)9-11-18(16)2;1-12-5-3-4-6-14(12)16-15-11-17-9-7-13(15)8-10-18(16)2/h2*5-10,12-14H,11H2,1-4H3;3*5-13H,1-4H3;2*3-11H,1-2H3/q7*+1. The first-order valence-electron chi connectivity index (χ1n) is 50.2. The summed E-state index contributed by atoms with van der Waals surface area (Å²) in [5, 5.41) is 12.1. The Balaban J connectivity index is 0.000000126. The van der Waals surface area contributed by atoms with E-state index in [4.69, 9.17) is 19.9 Å². The van der Waals surface area contributed by atoms with Crippen molar-refractivity contribution in [2.24, 2.45) is 61.2 Å². The summed E-state index contributed by atoms with van der Waals surface area (Å²) in [6.07, 6.45) is 30.7. The van der Waals surface area contributed by atoms with E-state index in [0.717, 1.165) is 46.3 Å². The molecule has 14 heteroatoms. The first-order valence-corrected chi connectivity index (χ1v) is 50.2. The lowest BCUT2D eigenvalue weighted by Crippen LogP contribution is -2.31. The third kappa shape index (κ3) is 23.7. The molecule has 0 saturated carbocycles. The van der Waals surface area contributed by atoms with Crippen LogP contribution in [0.4, 0.5) is 0 Å². The van der Waals surface area contributed by atoms with Crippen LogP contribution >= 0.6 is 0 Å². The number of rotatable bonds is 14. The Morgan fingerprint density at radius 1 is 0.231 bits per heavy atom. The highest BCUT2D eigenvalue weighted by Gasteiger charge is 2.27. The van der Waals surface area contributed by atoms with Gasteiger partial charge in [0.25, 0.3) is 0 Å². The van der Waals surface area contributed by atoms with Gasteiger partial charge in [-0.3, -0.25) is 15.0 Å². The number of nitrogens with zero attached hydrogens (tertiary/aromatic N) is 14. The normalized spacial score (nSPS) is 11.2. The summed E-state index contributed by atoms with van der Waals surface area (Å²) in [6.45, 7) is 37.1. The summed E-state index contributed by atoms with van der Waals surface area (Å²) in [4.78, 5) is 32.6. The molecule has 143 heavy (non-hydrogen) atoms. The number of hydrogen-bond acceptors (Lipinski definition) is 7. The van der Waals surface area contributed by atoms with Gasteiger partial charge in [-0.25, -0.2) is 33.6 Å². The maximum atomic E-state index is 4.93. The van der Waals surface area contributed by atoms with Gasteiger partial charge >= 0.3 is 0 Å². The Morgan fingerprint density at radius 2 is 0.566 bits per heavy atom. The van der Waals surface area contributed by atoms with Crippen molar-refractivity contribution >= 4 is 75.9 Å². The second-order valence-corrected chi connectivity index (χ2v) is 39.8. The van der Waals surface area contributed by atoms with E-state index < -0.39 is 0 Å². The van der Waals surface area contributed by atoms with Crippen LogP contribution in [-0.4, -0.2) is 34.9 Å². The summed E-state index contributed by atoms with van der Waals surface area (Å²) >= 11 is 0. The number of aryl methyl sites for hydroxylation is 14. The monoisotopic (exact) mass is 1880 g/mol. The zero-order chi connectivity index (χ0) is 101. The van der Waals surface area contributed by atoms with Crippen molar-refractivity contribution in [2.75, 3.05) is 0 Å². The fourth-order valence-corrected chi connectivity index (χ4v) is 19.0. The largest absolute Gasteiger partial charge is 0.264 e. The predicted molar refractivity (Wildman–Crippen MR) is 591 cm³/mol. The van der Waals surface area contributed by atoms with Crippen LogP contribution in [0.3, 0.4) is 0 Å². The Labute approximate surface area is 846 Å². The van der Waals surface area contributed by atoms with E-state index in [1.165, 1.54) is 188 Å². The molecule has 14 nitrogen and oxygen atoms in total. The van der Waals surface area contributed by atoms with E-state index in [1.807, 2.05) is 49.4 Å². The summed E-state index contributed by atoms with van der Waals surface area (Å²) in [5.74, 6) is 2.66. The molecule has 0 amide bonds. The van der Waals surface area contributed by atoms with Crippen molar-refractivity contribution in [3.8, 4) is 78.8 Å². The molecule has 14 heterocycles. The van der Waals surface area contributed by atoms with Crippen molar-refractivity contribution in [1.82, 2.24) is 34.9 Å². The molecule has 0 unspecified atom stereocenters. The molecular weight excluding hydrogens is 1750 g/mol. The van der Waals surface area contributed by atoms with Crippen molar-refractivity contribution in [2.45, 2.75) is 148 Å². The van der Waals surface area contributed by atoms with Gasteiger partial charge in [-0.15, -0.1) is 0 Å². The van der Waals surface area contributed by atoms with Gasteiger partial charge in [0.05, 0.1) is 38.4 Å². The topological polar surface area (TPSA) is 117 Å². The van der Waals surface area contributed by atoms with Gasteiger partial charge in [0.1, 0.15) is 71.4 Å². The summed E-state index contributed by atoms with van der Waals surface area (Å²) in [6, 6.07) is 93.9. The van der Waals surface area contributed by atoms with E-state index >= 15 is 0 Å². The number of fused-ring (bicyclic) bond motifs is 7. The minimum atomic E-state index is 0.435. The third-order valence-corrected chi connectivity index (χ3v) is 26.9. The molecule has 0 spiro atoms. The summed E-state index contributed by atoms with van der Waals surface area (Å²) < 4.78 is 15.2. The number of aromatic nitrogens is 14. The van der Waals surface area contributed by atoms with Crippen LogP contribution in [0, 0.1) is 60.3 Å². The molecule has 0 bridgehead atoms. The minimum absolute atomic E-state index is 0.435. The molecule has 0 fully saturated rings. The molecule has 0 atom stereocenters. The van der Waals surface area contributed by atoms with Gasteiger partial charge in [0.15, 0.2) is 43.4 Å². The molecule has 0 aliphatic rings. The molecule has 0 radical (unpaired) electrons. The Bertz CT molecular complexity index is 7750. The Hall–Kier alpha value is -15.5. The van der Waals surface area contributed by atoms with Crippen LogP contribution < -0.4 is 32.0 Å². The number of benzene rings is 7. The van der Waals surface area contributed by atoms with Crippen molar-refractivity contribution < 1.29 is 32.0 Å². The average Bonchev–Trinajstić information content (AvgIpc) is 0.768. The molecule has 0 aliphatic heterocycles. The molecule has 14 aromatic heterocycles. The van der Waals surface area contributed by atoms with Crippen molar-refractivity contribution in [3.05, 3.63) is 421 Å². The van der Waals surface area contributed by atoms with E-state index in [2.05, 4.69) is 518 Å². The summed E-state index contributed by atoms with van der Waals surface area (Å²) in [7, 11) is 14.6. The molecule has 0 N–H and O–H groups in total. The Morgan fingerprint density at radius 3 is 0.972 bits per heavy atom. The molecule has 21 rings (SSSR count). The summed E-state index contributed by atoms with van der Waals surface area (Å²) in [5.41, 5.74) is 36.5. The maximum Gasteiger partial charge on any atom is 0.239 e. The Kier molecular flexibility index (Phi) is 32.9. The lowest BCUT2D eigenvalue weighted by atomic mass is 9.99. The van der Waals surface area contributed by atoms with Crippen LogP contribution in [0.2, 0.25) is 0 Å². The molecular formula is C129H139N14+7. The van der Waals surface area contributed by atoms with Gasteiger partial charge in [-0.2, -0.15) is 18.3 Å². The highest BCUT2D eigenvalue weighted by atomic mass is 15.0. The average molecular weight is 1890 g/mol. The SMILES string of the molecule is Cc1ccccc1-c1c2cnc(C(C)C)cc2cc[n+]1C.Cc1ccccc1-c1c2cnc(CC(C)C)cc2cc[n+]1C.Cc1ccccc1-c1c2cnccc2cc[n+]1C.Cc1ccccc1-c1c2nc(C(C)C)ccc2cc[n+]1C.Cc1ccccc1-c1c2ncc(C(C)C)cc2cc[n+]1C.Cc1ccccc1-c1c2ncc(CC(C)C)cc2cc[n+]1C.Cc1ccccc1-c1c2ncccc2cc[n+]1C. The lowest BCUT2D eigenvalue weighted by Gasteiger charge is -2.09. The van der Waals surface area contributed by atoms with E-state index in [1.54, 1.807) is 0 Å². The smallest absolute Gasteiger partial charge is 0.239 e. The number of hydrogen-bond donors (Lipinski definition) is 0. The van der Waals surface area contributed by atoms with Crippen molar-refractivity contribution in [1.29, 1.82) is 0 Å². The minimum Gasteiger partial charge on any atom is -0.264 e. The van der Waals surface area contributed by atoms with Gasteiger partial charge in [0, 0.05) is 141 Å². The van der Waals surface area contributed by atoms with Gasteiger partial charge in [-0.05, 0) is 242 Å².